The van der Waals surface area contributed by atoms with Gasteiger partial charge in [0.25, 0.3) is 0 Å². The first-order valence-corrected chi connectivity index (χ1v) is 8.75. The minimum absolute atomic E-state index is 0.0545. The van der Waals surface area contributed by atoms with Crippen LogP contribution in [0.15, 0.2) is 70.7 Å². The Balaban J connectivity index is 1.70. The summed E-state index contributed by atoms with van der Waals surface area (Å²) >= 11 is 1.64. The molecule has 24 heavy (non-hydrogen) atoms. The van der Waals surface area contributed by atoms with E-state index in [0.29, 0.717) is 13.1 Å². The summed E-state index contributed by atoms with van der Waals surface area (Å²) in [7, 11) is 0. The van der Waals surface area contributed by atoms with E-state index in [1.807, 2.05) is 66.9 Å². The molecule has 124 valence electrons. The number of urea groups is 1. The molecule has 1 aromatic carbocycles. The first kappa shape index (κ1) is 16.3. The van der Waals surface area contributed by atoms with Gasteiger partial charge in [-0.15, -0.1) is 11.3 Å². The maximum absolute atomic E-state index is 12.8. The molecule has 0 radical (unpaired) electrons. The predicted octanol–water partition coefficient (Wildman–Crippen LogP) is 4.81. The number of nitrogens with zero attached hydrogens (tertiary/aromatic N) is 1. The maximum atomic E-state index is 12.8. The van der Waals surface area contributed by atoms with Crippen molar-refractivity contribution in [2.45, 2.75) is 26.1 Å². The van der Waals surface area contributed by atoms with Gasteiger partial charge in [-0.2, -0.15) is 0 Å². The number of carbonyl (C=O) groups is 1. The molecule has 2 aromatic heterocycles. The van der Waals surface area contributed by atoms with Gasteiger partial charge in [0.1, 0.15) is 5.76 Å². The monoisotopic (exact) mass is 340 g/mol. The lowest BCUT2D eigenvalue weighted by Gasteiger charge is -2.24. The van der Waals surface area contributed by atoms with E-state index in [0.717, 1.165) is 16.2 Å². The van der Waals surface area contributed by atoms with E-state index in [1.54, 1.807) is 22.5 Å². The zero-order chi connectivity index (χ0) is 16.8. The molecule has 4 nitrogen and oxygen atoms in total. The van der Waals surface area contributed by atoms with E-state index < -0.39 is 0 Å². The van der Waals surface area contributed by atoms with Crippen LogP contribution < -0.4 is 5.32 Å². The van der Waals surface area contributed by atoms with Crippen LogP contribution in [0.4, 0.5) is 4.79 Å². The molecule has 3 aromatic rings. The van der Waals surface area contributed by atoms with Crippen LogP contribution in [0.25, 0.3) is 0 Å². The van der Waals surface area contributed by atoms with Gasteiger partial charge in [-0.1, -0.05) is 36.4 Å². The molecule has 0 spiro atoms. The quantitative estimate of drug-likeness (QED) is 0.699. The molecule has 0 fully saturated rings. The number of amides is 2. The van der Waals surface area contributed by atoms with E-state index in [9.17, 15) is 4.79 Å². The minimum Gasteiger partial charge on any atom is -0.467 e. The highest BCUT2D eigenvalue weighted by molar-refractivity contribution is 7.09. The molecule has 1 unspecified atom stereocenters. The van der Waals surface area contributed by atoms with Crippen LogP contribution in [0.3, 0.4) is 0 Å². The highest BCUT2D eigenvalue weighted by Crippen LogP contribution is 2.17. The molecular formula is C19H20N2O2S. The highest BCUT2D eigenvalue weighted by Gasteiger charge is 2.18. The third-order valence-corrected chi connectivity index (χ3v) is 4.64. The molecule has 3 rings (SSSR count). The fourth-order valence-electron chi connectivity index (χ4n) is 2.48. The molecule has 1 atom stereocenters. The van der Waals surface area contributed by atoms with E-state index in [4.69, 9.17) is 4.42 Å². The van der Waals surface area contributed by atoms with Gasteiger partial charge in [-0.05, 0) is 36.1 Å². The second-order valence-corrected chi connectivity index (χ2v) is 6.63. The SMILES string of the molecule is CC(NC(=O)N(Cc1ccco1)Cc1cccs1)c1ccccc1. The first-order valence-electron chi connectivity index (χ1n) is 7.87. The normalized spacial score (nSPS) is 11.9. The van der Waals surface area contributed by atoms with Crippen molar-refractivity contribution in [1.29, 1.82) is 0 Å². The molecular weight excluding hydrogens is 320 g/mol. The van der Waals surface area contributed by atoms with Crippen molar-refractivity contribution in [1.82, 2.24) is 10.2 Å². The number of rotatable bonds is 6. The number of furan rings is 1. The van der Waals surface area contributed by atoms with E-state index >= 15 is 0 Å². The Labute approximate surface area is 145 Å². The van der Waals surface area contributed by atoms with Crippen molar-refractivity contribution in [3.63, 3.8) is 0 Å². The van der Waals surface area contributed by atoms with Crippen LogP contribution in [-0.4, -0.2) is 10.9 Å². The summed E-state index contributed by atoms with van der Waals surface area (Å²) in [5.74, 6) is 0.772. The molecule has 0 saturated carbocycles. The van der Waals surface area contributed by atoms with Crippen molar-refractivity contribution in [2.75, 3.05) is 0 Å². The Morgan fingerprint density at radius 1 is 1.12 bits per heavy atom. The lowest BCUT2D eigenvalue weighted by Crippen LogP contribution is -2.40. The van der Waals surface area contributed by atoms with Gasteiger partial charge in [-0.3, -0.25) is 0 Å². The molecule has 0 aliphatic carbocycles. The second kappa shape index (κ2) is 7.84. The summed E-state index contributed by atoms with van der Waals surface area (Å²) in [6.07, 6.45) is 1.63. The van der Waals surface area contributed by atoms with Crippen LogP contribution >= 0.6 is 11.3 Å². The van der Waals surface area contributed by atoms with Gasteiger partial charge in [0.05, 0.1) is 25.4 Å². The van der Waals surface area contributed by atoms with Crippen LogP contribution in [0, 0.1) is 0 Å². The Hall–Kier alpha value is -2.53. The second-order valence-electron chi connectivity index (χ2n) is 5.60. The van der Waals surface area contributed by atoms with Crippen LogP contribution in [-0.2, 0) is 13.1 Å². The summed E-state index contributed by atoms with van der Waals surface area (Å²) in [6.45, 7) is 2.99. The lowest BCUT2D eigenvalue weighted by atomic mass is 10.1. The maximum Gasteiger partial charge on any atom is 0.318 e. The molecule has 0 aliphatic heterocycles. The van der Waals surface area contributed by atoms with Crippen LogP contribution in [0.5, 0.6) is 0 Å². The fourth-order valence-corrected chi connectivity index (χ4v) is 3.20. The lowest BCUT2D eigenvalue weighted by molar-refractivity contribution is 0.184. The van der Waals surface area contributed by atoms with Gasteiger partial charge in [0.15, 0.2) is 0 Å². The molecule has 0 saturated heterocycles. The smallest absolute Gasteiger partial charge is 0.318 e. The van der Waals surface area contributed by atoms with Crippen molar-refractivity contribution < 1.29 is 9.21 Å². The van der Waals surface area contributed by atoms with Crippen molar-refractivity contribution >= 4 is 17.4 Å². The fraction of sp³-hybridized carbons (Fsp3) is 0.211. The Bertz CT molecular complexity index is 703. The number of carbonyl (C=O) groups excluding carboxylic acids is 1. The molecule has 2 amide bonds. The Kier molecular flexibility index (Phi) is 5.33. The Morgan fingerprint density at radius 2 is 1.96 bits per heavy atom. The van der Waals surface area contributed by atoms with Gasteiger partial charge in [-0.25, -0.2) is 4.79 Å². The van der Waals surface area contributed by atoms with Crippen LogP contribution in [0.1, 0.15) is 29.2 Å². The van der Waals surface area contributed by atoms with E-state index in [1.165, 1.54) is 0 Å². The average molecular weight is 340 g/mol. The third-order valence-electron chi connectivity index (χ3n) is 3.78. The zero-order valence-corrected chi connectivity index (χ0v) is 14.3. The molecule has 0 aliphatic rings. The van der Waals surface area contributed by atoms with Crippen molar-refractivity contribution in [3.8, 4) is 0 Å². The van der Waals surface area contributed by atoms with E-state index in [2.05, 4.69) is 5.32 Å². The summed E-state index contributed by atoms with van der Waals surface area (Å²) in [5.41, 5.74) is 1.08. The van der Waals surface area contributed by atoms with Crippen LogP contribution in [0.2, 0.25) is 0 Å². The summed E-state index contributed by atoms with van der Waals surface area (Å²) in [5, 5.41) is 5.09. The Morgan fingerprint density at radius 3 is 2.62 bits per heavy atom. The summed E-state index contributed by atoms with van der Waals surface area (Å²) in [4.78, 5) is 15.7. The molecule has 0 bridgehead atoms. The topological polar surface area (TPSA) is 45.5 Å². The standard InChI is InChI=1S/C19H20N2O2S/c1-15(16-7-3-2-4-8-16)20-19(22)21(13-17-9-5-11-23-17)14-18-10-6-12-24-18/h2-12,15H,13-14H2,1H3,(H,20,22). The third kappa shape index (κ3) is 4.26. The average Bonchev–Trinajstić information content (AvgIpc) is 3.29. The van der Waals surface area contributed by atoms with Gasteiger partial charge >= 0.3 is 6.03 Å². The van der Waals surface area contributed by atoms with Crippen molar-refractivity contribution in [2.24, 2.45) is 0 Å². The van der Waals surface area contributed by atoms with Crippen molar-refractivity contribution in [3.05, 3.63) is 82.4 Å². The number of nitrogens with one attached hydrogen (secondary N) is 1. The number of benzene rings is 1. The highest BCUT2D eigenvalue weighted by atomic mass is 32.1. The molecule has 1 N–H and O–H groups in total. The van der Waals surface area contributed by atoms with E-state index in [-0.39, 0.29) is 12.1 Å². The number of hydrogen-bond donors (Lipinski definition) is 1. The molecule has 2 heterocycles. The molecule has 5 heteroatoms. The summed E-state index contributed by atoms with van der Waals surface area (Å²) < 4.78 is 5.40. The first-order chi connectivity index (χ1) is 11.7. The summed E-state index contributed by atoms with van der Waals surface area (Å²) in [6, 6.07) is 17.5. The van der Waals surface area contributed by atoms with Gasteiger partial charge in [0, 0.05) is 4.88 Å². The largest absolute Gasteiger partial charge is 0.467 e. The van der Waals surface area contributed by atoms with Gasteiger partial charge < -0.3 is 14.6 Å². The number of hydrogen-bond acceptors (Lipinski definition) is 3. The number of thiophene rings is 1. The predicted molar refractivity (Wildman–Crippen MR) is 95.7 cm³/mol. The zero-order valence-electron chi connectivity index (χ0n) is 13.5. The van der Waals surface area contributed by atoms with Gasteiger partial charge in [0.2, 0.25) is 0 Å². The minimum atomic E-state index is -0.101.